The number of nitrogens with two attached hydrogens (primary N) is 1. The van der Waals surface area contributed by atoms with E-state index in [1.54, 1.807) is 0 Å². The zero-order chi connectivity index (χ0) is 19.8. The van der Waals surface area contributed by atoms with E-state index < -0.39 is 0 Å². The third-order valence-electron chi connectivity index (χ3n) is 6.63. The van der Waals surface area contributed by atoms with Crippen LogP contribution in [0.15, 0.2) is 36.4 Å². The normalized spacial score (nSPS) is 21.9. The van der Waals surface area contributed by atoms with Crippen molar-refractivity contribution in [2.45, 2.75) is 58.5 Å². The fourth-order valence-electron chi connectivity index (χ4n) is 5.11. The van der Waals surface area contributed by atoms with Crippen LogP contribution in [0.4, 0.5) is 17.1 Å². The lowest BCUT2D eigenvalue weighted by Gasteiger charge is -2.47. The Bertz CT molecular complexity index is 832. The van der Waals surface area contributed by atoms with Crippen LogP contribution in [-0.4, -0.2) is 37.2 Å². The minimum atomic E-state index is 0.567. The summed E-state index contributed by atoms with van der Waals surface area (Å²) in [6.45, 7) is 8.79. The van der Waals surface area contributed by atoms with Crippen molar-refractivity contribution < 1.29 is 0 Å². The Kier molecular flexibility index (Phi) is 5.24. The van der Waals surface area contributed by atoms with Crippen LogP contribution in [-0.2, 0) is 12.8 Å². The minimum Gasteiger partial charge on any atom is -0.399 e. The molecule has 0 aliphatic carbocycles. The molecule has 2 atom stereocenters. The van der Waals surface area contributed by atoms with Crippen LogP contribution < -0.4 is 15.6 Å². The Balaban J connectivity index is 1.56. The van der Waals surface area contributed by atoms with Crippen molar-refractivity contribution in [3.63, 3.8) is 0 Å². The lowest BCUT2D eigenvalue weighted by Crippen LogP contribution is -2.59. The van der Waals surface area contributed by atoms with Crippen molar-refractivity contribution in [1.82, 2.24) is 5.01 Å². The number of benzene rings is 2. The fourth-order valence-corrected chi connectivity index (χ4v) is 5.11. The molecule has 2 N–H and O–H groups in total. The van der Waals surface area contributed by atoms with Crippen LogP contribution in [0.2, 0.25) is 0 Å². The van der Waals surface area contributed by atoms with Crippen LogP contribution in [0.25, 0.3) is 0 Å². The number of hydrogen-bond acceptors (Lipinski definition) is 4. The summed E-state index contributed by atoms with van der Waals surface area (Å²) in [6.07, 6.45) is 4.60. The van der Waals surface area contributed by atoms with Gasteiger partial charge in [-0.15, -0.1) is 0 Å². The van der Waals surface area contributed by atoms with Gasteiger partial charge in [0.1, 0.15) is 0 Å². The van der Waals surface area contributed by atoms with E-state index in [0.29, 0.717) is 12.1 Å². The maximum absolute atomic E-state index is 6.13. The van der Waals surface area contributed by atoms with Gasteiger partial charge in [-0.05, 0) is 68.0 Å². The van der Waals surface area contributed by atoms with Gasteiger partial charge in [0, 0.05) is 43.6 Å². The molecule has 0 aromatic heterocycles. The number of piperazine rings is 1. The predicted molar refractivity (Wildman–Crippen MR) is 120 cm³/mol. The summed E-state index contributed by atoms with van der Waals surface area (Å²) in [6, 6.07) is 14.6. The van der Waals surface area contributed by atoms with Crippen LogP contribution in [0.5, 0.6) is 0 Å². The molecule has 2 aromatic rings. The van der Waals surface area contributed by atoms with Gasteiger partial charge in [0.05, 0.1) is 5.69 Å². The molecule has 2 fully saturated rings. The molecular formula is C24H34N4. The van der Waals surface area contributed by atoms with Gasteiger partial charge in [0.2, 0.25) is 0 Å². The van der Waals surface area contributed by atoms with E-state index in [9.17, 15) is 0 Å². The third kappa shape index (κ3) is 3.35. The van der Waals surface area contributed by atoms with Crippen molar-refractivity contribution in [2.75, 3.05) is 35.8 Å². The summed E-state index contributed by atoms with van der Waals surface area (Å²) in [7, 11) is 2.25. The lowest BCUT2D eigenvalue weighted by molar-refractivity contribution is 0.160. The highest BCUT2D eigenvalue weighted by Crippen LogP contribution is 2.36. The monoisotopic (exact) mass is 378 g/mol. The Hall–Kier alpha value is -2.20. The number of hydrogen-bond donors (Lipinski definition) is 1. The van der Waals surface area contributed by atoms with E-state index in [2.05, 4.69) is 79.1 Å². The van der Waals surface area contributed by atoms with Gasteiger partial charge in [-0.3, -0.25) is 0 Å². The number of nitrogens with zero attached hydrogens (tertiary/aromatic N) is 3. The Labute approximate surface area is 169 Å². The zero-order valence-electron chi connectivity index (χ0n) is 17.8. The molecule has 0 amide bonds. The highest BCUT2D eigenvalue weighted by Gasteiger charge is 2.42. The fraction of sp³-hybridized carbons (Fsp3) is 0.500. The third-order valence-corrected chi connectivity index (χ3v) is 6.63. The second kappa shape index (κ2) is 7.67. The molecule has 0 radical (unpaired) electrons. The summed E-state index contributed by atoms with van der Waals surface area (Å²) >= 11 is 0. The molecule has 0 saturated carbocycles. The molecule has 2 bridgehead atoms. The lowest BCUT2D eigenvalue weighted by atomic mass is 10.1. The first-order chi connectivity index (χ1) is 13.5. The molecule has 2 aliphatic rings. The Morgan fingerprint density at radius 2 is 1.64 bits per heavy atom. The smallest absolute Gasteiger partial charge is 0.0551 e. The number of aryl methyl sites for hydroxylation is 3. The summed E-state index contributed by atoms with van der Waals surface area (Å²) < 4.78 is 0. The van der Waals surface area contributed by atoms with Crippen molar-refractivity contribution in [1.29, 1.82) is 0 Å². The SMILES string of the molecule is CCc1cc(N2CC3CCC(C2)N3N(C)c2ccc(C)cc2CC)ccc1N. The van der Waals surface area contributed by atoms with Gasteiger partial charge in [-0.2, -0.15) is 0 Å². The standard InChI is InChI=1S/C24H34N4/c1-5-18-14-20(10-11-23(18)25)27-15-21-8-9-22(16-27)28(21)26(4)24-12-7-17(3)13-19(24)6-2/h7,10-14,21-22H,5-6,8-9,15-16,25H2,1-4H3. The van der Waals surface area contributed by atoms with E-state index in [1.165, 1.54) is 40.9 Å². The number of fused-ring (bicyclic) bond motifs is 2. The average molecular weight is 379 g/mol. The highest BCUT2D eigenvalue weighted by molar-refractivity contribution is 5.59. The molecule has 28 heavy (non-hydrogen) atoms. The summed E-state index contributed by atoms with van der Waals surface area (Å²) in [5.41, 5.74) is 13.8. The van der Waals surface area contributed by atoms with Crippen molar-refractivity contribution in [3.8, 4) is 0 Å². The molecule has 150 valence electrons. The molecular weight excluding hydrogens is 344 g/mol. The average Bonchev–Trinajstić information content (AvgIpc) is 2.97. The topological polar surface area (TPSA) is 35.7 Å². The second-order valence-corrected chi connectivity index (χ2v) is 8.42. The minimum absolute atomic E-state index is 0.567. The van der Waals surface area contributed by atoms with Gasteiger partial charge in [0.25, 0.3) is 0 Å². The van der Waals surface area contributed by atoms with Crippen molar-refractivity contribution in [2.24, 2.45) is 0 Å². The van der Waals surface area contributed by atoms with Crippen LogP contribution in [0.3, 0.4) is 0 Å². The van der Waals surface area contributed by atoms with E-state index in [4.69, 9.17) is 5.73 Å². The molecule has 2 aromatic carbocycles. The van der Waals surface area contributed by atoms with E-state index >= 15 is 0 Å². The molecule has 2 saturated heterocycles. The van der Waals surface area contributed by atoms with E-state index in [1.807, 2.05) is 0 Å². The molecule has 4 heteroatoms. The largest absolute Gasteiger partial charge is 0.399 e. The van der Waals surface area contributed by atoms with Gasteiger partial charge in [-0.25, -0.2) is 5.01 Å². The summed E-state index contributed by atoms with van der Waals surface area (Å²) in [5, 5.41) is 5.09. The predicted octanol–water partition coefficient (Wildman–Crippen LogP) is 4.41. The number of hydrazine groups is 1. The first-order valence-electron chi connectivity index (χ1n) is 10.8. The van der Waals surface area contributed by atoms with Gasteiger partial charge in [-0.1, -0.05) is 31.5 Å². The van der Waals surface area contributed by atoms with Crippen LogP contribution in [0.1, 0.15) is 43.4 Å². The summed E-state index contributed by atoms with van der Waals surface area (Å²) in [5.74, 6) is 0. The quantitative estimate of drug-likeness (QED) is 0.782. The van der Waals surface area contributed by atoms with E-state index in [0.717, 1.165) is 31.6 Å². The molecule has 2 unspecified atom stereocenters. The van der Waals surface area contributed by atoms with Gasteiger partial charge in [0.15, 0.2) is 0 Å². The Morgan fingerprint density at radius 3 is 2.29 bits per heavy atom. The van der Waals surface area contributed by atoms with Gasteiger partial charge < -0.3 is 15.6 Å². The van der Waals surface area contributed by atoms with Crippen LogP contribution in [0, 0.1) is 6.92 Å². The second-order valence-electron chi connectivity index (χ2n) is 8.42. The summed E-state index contributed by atoms with van der Waals surface area (Å²) in [4.78, 5) is 2.57. The molecule has 4 rings (SSSR count). The Morgan fingerprint density at radius 1 is 0.964 bits per heavy atom. The zero-order valence-corrected chi connectivity index (χ0v) is 17.8. The maximum atomic E-state index is 6.13. The van der Waals surface area contributed by atoms with E-state index in [-0.39, 0.29) is 0 Å². The number of rotatable bonds is 5. The molecule has 0 spiro atoms. The maximum Gasteiger partial charge on any atom is 0.0551 e. The van der Waals surface area contributed by atoms with Crippen LogP contribution >= 0.6 is 0 Å². The van der Waals surface area contributed by atoms with Gasteiger partial charge >= 0.3 is 0 Å². The molecule has 4 nitrogen and oxygen atoms in total. The van der Waals surface area contributed by atoms with Crippen molar-refractivity contribution in [3.05, 3.63) is 53.1 Å². The first kappa shape index (κ1) is 19.1. The molecule has 2 heterocycles. The van der Waals surface area contributed by atoms with Crippen molar-refractivity contribution >= 4 is 17.1 Å². The number of nitrogen functional groups attached to an aromatic ring is 1. The molecule has 2 aliphatic heterocycles. The number of anilines is 3. The first-order valence-corrected chi connectivity index (χ1v) is 10.8. The highest BCUT2D eigenvalue weighted by atomic mass is 15.7.